The second-order valence-corrected chi connectivity index (χ2v) is 2.99. The summed E-state index contributed by atoms with van der Waals surface area (Å²) in [5, 5.41) is 8.51. The van der Waals surface area contributed by atoms with Crippen LogP contribution in [0.25, 0.3) is 0 Å². The number of rotatable bonds is 4. The van der Waals surface area contributed by atoms with Crippen molar-refractivity contribution in [3.05, 3.63) is 34.6 Å². The van der Waals surface area contributed by atoms with Gasteiger partial charge in [0.05, 0.1) is 6.61 Å². The lowest BCUT2D eigenvalue weighted by atomic mass is 10.2. The largest absolute Gasteiger partial charge is 0.480 e. The van der Waals surface area contributed by atoms with Gasteiger partial charge in [0.2, 0.25) is 0 Å². The lowest BCUT2D eigenvalue weighted by Crippen LogP contribution is -2.07. The molecule has 0 fully saturated rings. The first-order valence-electron chi connectivity index (χ1n) is 3.83. The number of carboxylic acid groups (broad SMARTS) is 1. The van der Waals surface area contributed by atoms with Gasteiger partial charge < -0.3 is 9.84 Å². The van der Waals surface area contributed by atoms with Crippen molar-refractivity contribution in [3.8, 4) is 0 Å². The summed E-state index contributed by atoms with van der Waals surface area (Å²) >= 11 is 5.68. The van der Waals surface area contributed by atoms with E-state index >= 15 is 0 Å². The Kier molecular flexibility index (Phi) is 3.85. The first-order chi connectivity index (χ1) is 6.61. The molecule has 0 radical (unpaired) electrons. The Balaban J connectivity index is 2.62. The SMILES string of the molecule is O=C(O)COCc1c(F)cccc1Cl. The topological polar surface area (TPSA) is 46.5 Å². The van der Waals surface area contributed by atoms with Crippen molar-refractivity contribution in [2.75, 3.05) is 6.61 Å². The van der Waals surface area contributed by atoms with Gasteiger partial charge in [-0.25, -0.2) is 9.18 Å². The lowest BCUT2D eigenvalue weighted by Gasteiger charge is -2.04. The number of carbonyl (C=O) groups is 1. The van der Waals surface area contributed by atoms with E-state index in [1.54, 1.807) is 0 Å². The van der Waals surface area contributed by atoms with E-state index in [-0.39, 0.29) is 17.2 Å². The Labute approximate surface area is 85.1 Å². The number of carboxylic acids is 1. The molecule has 5 heteroatoms. The maximum atomic E-state index is 13.1. The molecule has 0 aliphatic heterocycles. The zero-order chi connectivity index (χ0) is 10.6. The Morgan fingerprint density at radius 2 is 2.29 bits per heavy atom. The third kappa shape index (κ3) is 2.97. The quantitative estimate of drug-likeness (QED) is 0.842. The predicted molar refractivity (Wildman–Crippen MR) is 48.7 cm³/mol. The summed E-state index contributed by atoms with van der Waals surface area (Å²) in [7, 11) is 0. The molecule has 0 aliphatic carbocycles. The molecule has 76 valence electrons. The van der Waals surface area contributed by atoms with Gasteiger partial charge in [0.1, 0.15) is 12.4 Å². The van der Waals surface area contributed by atoms with E-state index in [4.69, 9.17) is 21.4 Å². The summed E-state index contributed by atoms with van der Waals surface area (Å²) in [4.78, 5) is 10.1. The summed E-state index contributed by atoms with van der Waals surface area (Å²) in [5.74, 6) is -1.60. The van der Waals surface area contributed by atoms with E-state index < -0.39 is 18.4 Å². The molecule has 3 nitrogen and oxygen atoms in total. The fourth-order valence-corrected chi connectivity index (χ4v) is 1.13. The molecule has 0 amide bonds. The summed E-state index contributed by atoms with van der Waals surface area (Å²) in [6, 6.07) is 4.23. The standard InChI is InChI=1S/C9H8ClFO3/c10-7-2-1-3-8(11)6(7)4-14-5-9(12)13/h1-3H,4-5H2,(H,12,13). The highest BCUT2D eigenvalue weighted by molar-refractivity contribution is 6.31. The molecule has 0 heterocycles. The molecule has 0 bridgehead atoms. The van der Waals surface area contributed by atoms with Crippen molar-refractivity contribution in [1.29, 1.82) is 0 Å². The molecule has 1 aromatic carbocycles. The molecule has 0 aromatic heterocycles. The van der Waals surface area contributed by atoms with E-state index in [1.807, 2.05) is 0 Å². The Morgan fingerprint density at radius 1 is 1.57 bits per heavy atom. The van der Waals surface area contributed by atoms with Gasteiger partial charge in [-0.1, -0.05) is 17.7 Å². The van der Waals surface area contributed by atoms with Gasteiger partial charge >= 0.3 is 5.97 Å². The summed E-state index contributed by atoms with van der Waals surface area (Å²) in [5.41, 5.74) is 0.176. The van der Waals surface area contributed by atoms with Crippen molar-refractivity contribution in [1.82, 2.24) is 0 Å². The van der Waals surface area contributed by atoms with Gasteiger partial charge in [-0.15, -0.1) is 0 Å². The van der Waals surface area contributed by atoms with E-state index in [0.29, 0.717) is 0 Å². The molecular weight excluding hydrogens is 211 g/mol. The Hall–Kier alpha value is -1.13. The van der Waals surface area contributed by atoms with Crippen LogP contribution < -0.4 is 0 Å². The number of hydrogen-bond acceptors (Lipinski definition) is 2. The second kappa shape index (κ2) is 4.93. The van der Waals surface area contributed by atoms with Crippen LogP contribution in [0.5, 0.6) is 0 Å². The molecule has 1 N–H and O–H groups in total. The number of ether oxygens (including phenoxy) is 1. The number of hydrogen-bond donors (Lipinski definition) is 1. The minimum absolute atomic E-state index is 0.141. The summed E-state index contributed by atoms with van der Waals surface area (Å²) in [6.45, 7) is -0.609. The highest BCUT2D eigenvalue weighted by atomic mass is 35.5. The monoisotopic (exact) mass is 218 g/mol. The van der Waals surface area contributed by atoms with Crippen molar-refractivity contribution in [2.45, 2.75) is 6.61 Å². The van der Waals surface area contributed by atoms with E-state index in [2.05, 4.69) is 0 Å². The van der Waals surface area contributed by atoms with Crippen LogP contribution >= 0.6 is 11.6 Å². The van der Waals surface area contributed by atoms with Gasteiger partial charge in [-0.3, -0.25) is 0 Å². The maximum Gasteiger partial charge on any atom is 0.329 e. The third-order valence-electron chi connectivity index (χ3n) is 1.53. The third-order valence-corrected chi connectivity index (χ3v) is 1.89. The highest BCUT2D eigenvalue weighted by Gasteiger charge is 2.07. The molecule has 14 heavy (non-hydrogen) atoms. The molecule has 0 saturated carbocycles. The Morgan fingerprint density at radius 3 is 2.86 bits per heavy atom. The molecule has 0 atom stereocenters. The van der Waals surface area contributed by atoms with E-state index in [0.717, 1.165) is 0 Å². The normalized spacial score (nSPS) is 10.1. The first-order valence-corrected chi connectivity index (χ1v) is 4.21. The van der Waals surface area contributed by atoms with Crippen molar-refractivity contribution in [2.24, 2.45) is 0 Å². The number of benzene rings is 1. The van der Waals surface area contributed by atoms with Gasteiger partial charge in [-0.2, -0.15) is 0 Å². The smallest absolute Gasteiger partial charge is 0.329 e. The van der Waals surface area contributed by atoms with Crippen LogP contribution in [0.3, 0.4) is 0 Å². The van der Waals surface area contributed by atoms with Gasteiger partial charge in [-0.05, 0) is 12.1 Å². The maximum absolute atomic E-state index is 13.1. The molecule has 0 unspecified atom stereocenters. The van der Waals surface area contributed by atoms with Crippen LogP contribution in [0, 0.1) is 5.82 Å². The van der Waals surface area contributed by atoms with Crippen LogP contribution in [0.2, 0.25) is 5.02 Å². The molecule has 0 saturated heterocycles. The fraction of sp³-hybridized carbons (Fsp3) is 0.222. The first kappa shape index (κ1) is 10.9. The minimum atomic E-state index is -1.10. The molecule has 1 rings (SSSR count). The Bertz CT molecular complexity index is 321. The zero-order valence-electron chi connectivity index (χ0n) is 7.17. The fourth-order valence-electron chi connectivity index (χ4n) is 0.911. The number of aliphatic carboxylic acids is 1. The summed E-state index contributed by atoms with van der Waals surface area (Å²) in [6.07, 6.45) is 0. The van der Waals surface area contributed by atoms with Gasteiger partial charge in [0, 0.05) is 10.6 Å². The van der Waals surface area contributed by atoms with E-state index in [1.165, 1.54) is 18.2 Å². The molecular formula is C9H8ClFO3. The summed E-state index contributed by atoms with van der Waals surface area (Å²) < 4.78 is 17.8. The van der Waals surface area contributed by atoms with E-state index in [9.17, 15) is 9.18 Å². The van der Waals surface area contributed by atoms with Gasteiger partial charge in [0.25, 0.3) is 0 Å². The van der Waals surface area contributed by atoms with Crippen LogP contribution in [-0.4, -0.2) is 17.7 Å². The average molecular weight is 219 g/mol. The van der Waals surface area contributed by atoms with Crippen LogP contribution in [-0.2, 0) is 16.1 Å². The highest BCUT2D eigenvalue weighted by Crippen LogP contribution is 2.19. The van der Waals surface area contributed by atoms with Crippen LogP contribution in [0.4, 0.5) is 4.39 Å². The van der Waals surface area contributed by atoms with Crippen LogP contribution in [0.1, 0.15) is 5.56 Å². The van der Waals surface area contributed by atoms with Crippen LogP contribution in [0.15, 0.2) is 18.2 Å². The van der Waals surface area contributed by atoms with Crippen molar-refractivity contribution >= 4 is 17.6 Å². The molecule has 0 spiro atoms. The average Bonchev–Trinajstić information content (AvgIpc) is 2.09. The predicted octanol–water partition coefficient (Wildman–Crippen LogP) is 2.08. The zero-order valence-corrected chi connectivity index (χ0v) is 7.92. The minimum Gasteiger partial charge on any atom is -0.480 e. The van der Waals surface area contributed by atoms with Crippen molar-refractivity contribution < 1.29 is 19.0 Å². The molecule has 1 aromatic rings. The number of halogens is 2. The lowest BCUT2D eigenvalue weighted by molar-refractivity contribution is -0.142. The second-order valence-electron chi connectivity index (χ2n) is 2.59. The van der Waals surface area contributed by atoms with Gasteiger partial charge in [0.15, 0.2) is 0 Å². The molecule has 0 aliphatic rings. The van der Waals surface area contributed by atoms with Crippen molar-refractivity contribution in [3.63, 3.8) is 0 Å².